The lowest BCUT2D eigenvalue weighted by Crippen LogP contribution is -2.26. The van der Waals surface area contributed by atoms with Crippen LogP contribution in [0.5, 0.6) is 0 Å². The molecule has 0 radical (unpaired) electrons. The van der Waals surface area contributed by atoms with Crippen LogP contribution in [0.4, 0.5) is 0 Å². The van der Waals surface area contributed by atoms with Gasteiger partial charge in [0, 0.05) is 18.9 Å². The van der Waals surface area contributed by atoms with Gasteiger partial charge in [0.25, 0.3) is 0 Å². The van der Waals surface area contributed by atoms with Gasteiger partial charge in [0.05, 0.1) is 11.5 Å². The van der Waals surface area contributed by atoms with E-state index in [1.54, 1.807) is 24.5 Å². The van der Waals surface area contributed by atoms with Gasteiger partial charge < -0.3 is 5.11 Å². The highest BCUT2D eigenvalue weighted by atomic mass is 32.2. The molecule has 1 aromatic carbocycles. The molecule has 0 saturated carbocycles. The van der Waals surface area contributed by atoms with Crippen molar-refractivity contribution in [2.45, 2.75) is 17.9 Å². The summed E-state index contributed by atoms with van der Waals surface area (Å²) in [6.07, 6.45) is 3.96. The van der Waals surface area contributed by atoms with E-state index in [2.05, 4.69) is 9.71 Å². The summed E-state index contributed by atoms with van der Waals surface area (Å²) in [5.41, 5.74) is 1.54. The fourth-order valence-corrected chi connectivity index (χ4v) is 2.87. The molecule has 0 unspecified atom stereocenters. The second-order valence-electron chi connectivity index (χ2n) is 4.31. The number of pyridine rings is 1. The molecule has 0 aliphatic carbocycles. The molecule has 0 saturated heterocycles. The number of hydrogen-bond acceptors (Lipinski definition) is 4. The summed E-state index contributed by atoms with van der Waals surface area (Å²) < 4.78 is 26.7. The first-order chi connectivity index (χ1) is 9.62. The van der Waals surface area contributed by atoms with Crippen molar-refractivity contribution >= 4 is 10.0 Å². The van der Waals surface area contributed by atoms with E-state index < -0.39 is 10.0 Å². The number of aliphatic hydroxyl groups excluding tert-OH is 1. The molecule has 2 rings (SSSR count). The van der Waals surface area contributed by atoms with E-state index >= 15 is 0 Å². The maximum absolute atomic E-state index is 12.1. The molecule has 5 nitrogen and oxygen atoms in total. The average Bonchev–Trinajstić information content (AvgIpc) is 2.48. The summed E-state index contributed by atoms with van der Waals surface area (Å²) in [7, 11) is -3.54. The number of sulfonamides is 1. The van der Waals surface area contributed by atoms with E-state index in [1.165, 1.54) is 12.1 Å². The number of aromatic nitrogens is 1. The number of nitrogens with zero attached hydrogens (tertiary/aromatic N) is 1. The van der Waals surface area contributed by atoms with Gasteiger partial charge in [-0.15, -0.1) is 0 Å². The highest BCUT2D eigenvalue weighted by Gasteiger charge is 2.13. The van der Waals surface area contributed by atoms with Crippen molar-refractivity contribution in [1.82, 2.24) is 9.71 Å². The van der Waals surface area contributed by atoms with Crippen LogP contribution in [0.3, 0.4) is 0 Å². The zero-order chi connectivity index (χ0) is 14.4. The molecule has 1 heterocycles. The molecule has 1 aromatic heterocycles. The molecule has 0 fully saturated rings. The highest BCUT2D eigenvalue weighted by molar-refractivity contribution is 7.89. The molecule has 0 bridgehead atoms. The lowest BCUT2D eigenvalue weighted by molar-refractivity contribution is 0.281. The second kappa shape index (κ2) is 6.60. The van der Waals surface area contributed by atoms with Crippen molar-refractivity contribution in [3.05, 3.63) is 59.9 Å². The molecule has 0 amide bonds. The SMILES string of the molecule is O=S(=O)(NCCc1cccnc1)c1cccc(CO)c1. The standard InChI is InChI=1S/C14H16N2O3S/c17-11-13-3-1-5-14(9-13)20(18,19)16-8-6-12-4-2-7-15-10-12/h1-5,7,9-10,16-17H,6,8,11H2. The summed E-state index contributed by atoms with van der Waals surface area (Å²) in [5, 5.41) is 9.03. The van der Waals surface area contributed by atoms with E-state index in [0.29, 0.717) is 18.5 Å². The van der Waals surface area contributed by atoms with Crippen LogP contribution in [0.2, 0.25) is 0 Å². The molecule has 0 spiro atoms. The van der Waals surface area contributed by atoms with Gasteiger partial charge >= 0.3 is 0 Å². The van der Waals surface area contributed by atoms with Crippen LogP contribution in [0.25, 0.3) is 0 Å². The van der Waals surface area contributed by atoms with Crippen LogP contribution < -0.4 is 4.72 Å². The van der Waals surface area contributed by atoms with E-state index in [9.17, 15) is 8.42 Å². The molecule has 106 valence electrons. The molecule has 0 aliphatic heterocycles. The van der Waals surface area contributed by atoms with Gasteiger partial charge in [0.1, 0.15) is 0 Å². The van der Waals surface area contributed by atoms with E-state index in [1.807, 2.05) is 12.1 Å². The van der Waals surface area contributed by atoms with Crippen LogP contribution in [0.15, 0.2) is 53.7 Å². The van der Waals surface area contributed by atoms with Crippen LogP contribution in [0, 0.1) is 0 Å². The first-order valence-corrected chi connectivity index (χ1v) is 7.68. The third-order valence-corrected chi connectivity index (χ3v) is 4.28. The largest absolute Gasteiger partial charge is 0.392 e. The predicted octanol–water partition coefficient (Wildman–Crippen LogP) is 1.09. The first-order valence-electron chi connectivity index (χ1n) is 6.20. The molecule has 2 N–H and O–H groups in total. The van der Waals surface area contributed by atoms with Gasteiger partial charge in [-0.1, -0.05) is 18.2 Å². The Morgan fingerprint density at radius 3 is 2.65 bits per heavy atom. The summed E-state index contributed by atoms with van der Waals surface area (Å²) in [6, 6.07) is 9.97. The summed E-state index contributed by atoms with van der Waals surface area (Å²) >= 11 is 0. The van der Waals surface area contributed by atoms with Gasteiger partial charge in [-0.05, 0) is 35.7 Å². The summed E-state index contributed by atoms with van der Waals surface area (Å²) in [5.74, 6) is 0. The lowest BCUT2D eigenvalue weighted by atomic mass is 10.2. The molecule has 0 atom stereocenters. The third-order valence-electron chi connectivity index (χ3n) is 2.82. The van der Waals surface area contributed by atoms with E-state index in [4.69, 9.17) is 5.11 Å². The second-order valence-corrected chi connectivity index (χ2v) is 6.08. The zero-order valence-electron chi connectivity index (χ0n) is 10.9. The van der Waals surface area contributed by atoms with Crippen LogP contribution in [-0.2, 0) is 23.1 Å². The monoisotopic (exact) mass is 292 g/mol. The van der Waals surface area contributed by atoms with Crippen LogP contribution in [-0.4, -0.2) is 25.1 Å². The highest BCUT2D eigenvalue weighted by Crippen LogP contribution is 2.11. The van der Waals surface area contributed by atoms with Gasteiger partial charge in [0.15, 0.2) is 0 Å². The van der Waals surface area contributed by atoms with Crippen molar-refractivity contribution in [2.75, 3.05) is 6.54 Å². The number of benzene rings is 1. The predicted molar refractivity (Wildman–Crippen MR) is 75.5 cm³/mol. The number of hydrogen-bond donors (Lipinski definition) is 2. The molecular weight excluding hydrogens is 276 g/mol. The van der Waals surface area contributed by atoms with Gasteiger partial charge in [-0.2, -0.15) is 0 Å². The molecule has 0 aliphatic rings. The Kier molecular flexibility index (Phi) is 4.84. The Morgan fingerprint density at radius 1 is 1.15 bits per heavy atom. The Morgan fingerprint density at radius 2 is 1.95 bits per heavy atom. The summed E-state index contributed by atoms with van der Waals surface area (Å²) in [6.45, 7) is 0.121. The topological polar surface area (TPSA) is 79.3 Å². The maximum Gasteiger partial charge on any atom is 0.240 e. The summed E-state index contributed by atoms with van der Waals surface area (Å²) in [4.78, 5) is 4.14. The molecule has 20 heavy (non-hydrogen) atoms. The van der Waals surface area contributed by atoms with Crippen molar-refractivity contribution in [3.8, 4) is 0 Å². The average molecular weight is 292 g/mol. The molecule has 2 aromatic rings. The minimum atomic E-state index is -3.54. The normalized spacial score (nSPS) is 11.4. The van der Waals surface area contributed by atoms with Gasteiger partial charge in [-0.3, -0.25) is 4.98 Å². The molecule has 6 heteroatoms. The van der Waals surface area contributed by atoms with Crippen molar-refractivity contribution in [2.24, 2.45) is 0 Å². The van der Waals surface area contributed by atoms with Crippen LogP contribution in [0.1, 0.15) is 11.1 Å². The lowest BCUT2D eigenvalue weighted by Gasteiger charge is -2.07. The first kappa shape index (κ1) is 14.6. The van der Waals surface area contributed by atoms with Crippen LogP contribution >= 0.6 is 0 Å². The zero-order valence-corrected chi connectivity index (χ0v) is 11.7. The van der Waals surface area contributed by atoms with Gasteiger partial charge in [0.2, 0.25) is 10.0 Å². The van der Waals surface area contributed by atoms with Crippen molar-refractivity contribution in [3.63, 3.8) is 0 Å². The van der Waals surface area contributed by atoms with Gasteiger partial charge in [-0.25, -0.2) is 13.1 Å². The van der Waals surface area contributed by atoms with E-state index in [0.717, 1.165) is 5.56 Å². The Balaban J connectivity index is 2.00. The number of rotatable bonds is 6. The Bertz CT molecular complexity index is 657. The quantitative estimate of drug-likeness (QED) is 0.835. The minimum Gasteiger partial charge on any atom is -0.392 e. The van der Waals surface area contributed by atoms with E-state index in [-0.39, 0.29) is 11.5 Å². The Hall–Kier alpha value is -1.76. The Labute approximate surface area is 118 Å². The fraction of sp³-hybridized carbons (Fsp3) is 0.214. The third kappa shape index (κ3) is 3.86. The fourth-order valence-electron chi connectivity index (χ4n) is 1.77. The number of aliphatic hydroxyl groups is 1. The maximum atomic E-state index is 12.1. The van der Waals surface area contributed by atoms with Crippen molar-refractivity contribution < 1.29 is 13.5 Å². The molecular formula is C14H16N2O3S. The minimum absolute atomic E-state index is 0.162. The van der Waals surface area contributed by atoms with Crippen molar-refractivity contribution in [1.29, 1.82) is 0 Å². The number of nitrogens with one attached hydrogen (secondary N) is 1. The smallest absolute Gasteiger partial charge is 0.240 e.